The number of hydrogen-bond donors (Lipinski definition) is 2. The van der Waals surface area contributed by atoms with Crippen molar-refractivity contribution in [3.05, 3.63) is 58.4 Å². The van der Waals surface area contributed by atoms with E-state index < -0.39 is 37.3 Å². The van der Waals surface area contributed by atoms with E-state index in [4.69, 9.17) is 10.5 Å². The molecule has 3 aromatic heterocycles. The molecule has 0 fully saturated rings. The molecule has 0 aliphatic rings. The van der Waals surface area contributed by atoms with E-state index in [-0.39, 0.29) is 34.4 Å². The highest BCUT2D eigenvalue weighted by atomic mass is 19.4. The number of rotatable bonds is 6. The van der Waals surface area contributed by atoms with Crippen molar-refractivity contribution >= 4 is 11.6 Å². The van der Waals surface area contributed by atoms with E-state index >= 15 is 0 Å². The summed E-state index contributed by atoms with van der Waals surface area (Å²) in [6.07, 6.45) is -5.78. The monoisotopic (exact) mass is 478 g/mol. The number of benzene rings is 1. The Morgan fingerprint density at radius 1 is 1.12 bits per heavy atom. The molecule has 0 spiro atoms. The molecule has 178 valence electrons. The summed E-state index contributed by atoms with van der Waals surface area (Å²) in [5.74, 6) is -0.690. The highest BCUT2D eigenvalue weighted by Gasteiger charge is 2.28. The van der Waals surface area contributed by atoms with Crippen LogP contribution in [0, 0.1) is 5.82 Å². The summed E-state index contributed by atoms with van der Waals surface area (Å²) >= 11 is 0. The first kappa shape index (κ1) is 23.2. The van der Waals surface area contributed by atoms with Crippen LogP contribution in [0.4, 0.5) is 23.5 Å². The van der Waals surface area contributed by atoms with Crippen LogP contribution in [0.15, 0.2) is 41.2 Å². The van der Waals surface area contributed by atoms with Crippen LogP contribution in [0.2, 0.25) is 0 Å². The average molecular weight is 478 g/mol. The van der Waals surface area contributed by atoms with Gasteiger partial charge in [-0.1, -0.05) is 0 Å². The molecule has 13 heteroatoms. The molecule has 3 heterocycles. The number of fused-ring (bicyclic) bond motifs is 1. The molecular weight excluding hydrogens is 460 g/mol. The maximum atomic E-state index is 13.5. The molecule has 4 aromatic rings. The zero-order valence-electron chi connectivity index (χ0n) is 17.7. The van der Waals surface area contributed by atoms with Gasteiger partial charge in [-0.25, -0.2) is 28.2 Å². The third-order valence-electron chi connectivity index (χ3n) is 4.99. The number of aryl methyl sites for hydroxylation is 1. The van der Waals surface area contributed by atoms with Gasteiger partial charge in [0.05, 0.1) is 43.6 Å². The molecule has 0 bridgehead atoms. The molecule has 0 radical (unpaired) electrons. The number of anilines is 1. The van der Waals surface area contributed by atoms with Crippen LogP contribution >= 0.6 is 0 Å². The van der Waals surface area contributed by atoms with Crippen molar-refractivity contribution in [2.75, 3.05) is 12.8 Å². The van der Waals surface area contributed by atoms with Crippen molar-refractivity contribution in [1.82, 2.24) is 24.1 Å². The Morgan fingerprint density at radius 3 is 2.44 bits per heavy atom. The van der Waals surface area contributed by atoms with Gasteiger partial charge in [0.2, 0.25) is 11.8 Å². The topological polar surface area (TPSA) is 121 Å². The number of pyridine rings is 1. The highest BCUT2D eigenvalue weighted by Crippen LogP contribution is 2.36. The number of halogens is 4. The lowest BCUT2D eigenvalue weighted by atomic mass is 10.00. The third kappa shape index (κ3) is 4.41. The molecule has 0 aliphatic carbocycles. The minimum Gasteiger partial charge on any atom is -0.481 e. The fraction of sp³-hybridized carbons (Fsp3) is 0.238. The number of aliphatic hydroxyl groups excluding tert-OH is 1. The van der Waals surface area contributed by atoms with Gasteiger partial charge in [0.25, 0.3) is 0 Å². The smallest absolute Gasteiger partial charge is 0.390 e. The van der Waals surface area contributed by atoms with Crippen LogP contribution in [0.25, 0.3) is 28.0 Å². The van der Waals surface area contributed by atoms with Gasteiger partial charge in [-0.2, -0.15) is 13.2 Å². The van der Waals surface area contributed by atoms with Gasteiger partial charge in [0.15, 0.2) is 5.65 Å². The fourth-order valence-electron chi connectivity index (χ4n) is 3.45. The molecule has 0 aliphatic heterocycles. The van der Waals surface area contributed by atoms with E-state index in [1.807, 2.05) is 0 Å². The van der Waals surface area contributed by atoms with Gasteiger partial charge in [-0.15, -0.1) is 5.10 Å². The Bertz CT molecular complexity index is 1390. The molecule has 4 rings (SSSR count). The number of aliphatic hydroxyl groups is 1. The molecule has 0 unspecified atom stereocenters. The predicted molar refractivity (Wildman–Crippen MR) is 113 cm³/mol. The fourth-order valence-corrected chi connectivity index (χ4v) is 3.45. The number of ether oxygens (including phenoxy) is 1. The molecule has 0 saturated carbocycles. The Kier molecular flexibility index (Phi) is 5.96. The SMILES string of the molecule is COc1cc(-c2c(-c3ccc(F)cc3)nc(N)n3c(=O)n(CCC(F)(F)F)nc23)cc(CO)n1. The summed E-state index contributed by atoms with van der Waals surface area (Å²) in [6, 6.07) is 8.23. The van der Waals surface area contributed by atoms with Crippen molar-refractivity contribution in [2.45, 2.75) is 25.7 Å². The minimum absolute atomic E-state index is 0.0730. The van der Waals surface area contributed by atoms with E-state index in [1.165, 1.54) is 43.5 Å². The number of nitrogens with zero attached hydrogens (tertiary/aromatic N) is 5. The molecule has 0 saturated heterocycles. The summed E-state index contributed by atoms with van der Waals surface area (Å²) < 4.78 is 58.6. The summed E-state index contributed by atoms with van der Waals surface area (Å²) in [6.45, 7) is -1.17. The van der Waals surface area contributed by atoms with Gasteiger partial charge >= 0.3 is 11.9 Å². The Labute approximate surface area is 189 Å². The van der Waals surface area contributed by atoms with Gasteiger partial charge in [-0.05, 0) is 35.9 Å². The summed E-state index contributed by atoms with van der Waals surface area (Å²) in [5, 5.41) is 13.7. The van der Waals surface area contributed by atoms with Crippen molar-refractivity contribution in [2.24, 2.45) is 0 Å². The average Bonchev–Trinajstić information content (AvgIpc) is 3.13. The van der Waals surface area contributed by atoms with Crippen LogP contribution < -0.4 is 16.2 Å². The molecule has 0 atom stereocenters. The number of nitrogens with two attached hydrogens (primary N) is 1. The lowest BCUT2D eigenvalue weighted by molar-refractivity contribution is -0.137. The third-order valence-corrected chi connectivity index (χ3v) is 4.99. The maximum Gasteiger partial charge on any atom is 0.390 e. The minimum atomic E-state index is -4.50. The lowest BCUT2D eigenvalue weighted by Gasteiger charge is -2.13. The van der Waals surface area contributed by atoms with E-state index in [2.05, 4.69) is 15.1 Å². The van der Waals surface area contributed by atoms with Crippen LogP contribution in [0.5, 0.6) is 5.88 Å². The van der Waals surface area contributed by atoms with Gasteiger partial charge in [-0.3, -0.25) is 0 Å². The number of nitrogen functional groups attached to an aromatic ring is 1. The number of aromatic nitrogens is 5. The van der Waals surface area contributed by atoms with Gasteiger partial charge < -0.3 is 15.6 Å². The molecule has 1 aromatic carbocycles. The molecule has 34 heavy (non-hydrogen) atoms. The van der Waals surface area contributed by atoms with Gasteiger partial charge in [0.1, 0.15) is 5.82 Å². The molecule has 3 N–H and O–H groups in total. The number of methoxy groups -OCH3 is 1. The lowest BCUT2D eigenvalue weighted by Crippen LogP contribution is -2.25. The number of hydrogen-bond acceptors (Lipinski definition) is 7. The van der Waals surface area contributed by atoms with Crippen molar-refractivity contribution in [3.63, 3.8) is 0 Å². The summed E-state index contributed by atoms with van der Waals surface area (Å²) in [7, 11) is 1.36. The zero-order valence-corrected chi connectivity index (χ0v) is 17.7. The Morgan fingerprint density at radius 2 is 1.82 bits per heavy atom. The zero-order chi connectivity index (χ0) is 24.6. The number of alkyl halides is 3. The van der Waals surface area contributed by atoms with Crippen molar-refractivity contribution in [1.29, 1.82) is 0 Å². The second-order valence-corrected chi connectivity index (χ2v) is 7.28. The first-order valence-corrected chi connectivity index (χ1v) is 9.89. The second kappa shape index (κ2) is 8.74. The van der Waals surface area contributed by atoms with Crippen LogP contribution in [-0.2, 0) is 13.2 Å². The second-order valence-electron chi connectivity index (χ2n) is 7.28. The Hall–Kier alpha value is -4.00. The maximum absolute atomic E-state index is 13.5. The van der Waals surface area contributed by atoms with Crippen molar-refractivity contribution in [3.8, 4) is 28.3 Å². The van der Waals surface area contributed by atoms with Crippen LogP contribution in [0.1, 0.15) is 12.1 Å². The normalized spacial score (nSPS) is 11.8. The first-order valence-electron chi connectivity index (χ1n) is 9.89. The van der Waals surface area contributed by atoms with E-state index in [0.29, 0.717) is 15.8 Å². The quantitative estimate of drug-likeness (QED) is 0.409. The van der Waals surface area contributed by atoms with Crippen LogP contribution in [0.3, 0.4) is 0 Å². The molecule has 0 amide bonds. The van der Waals surface area contributed by atoms with E-state index in [0.717, 1.165) is 4.40 Å². The first-order chi connectivity index (χ1) is 16.1. The predicted octanol–water partition coefficient (Wildman–Crippen LogP) is 2.79. The Balaban J connectivity index is 2.06. The largest absolute Gasteiger partial charge is 0.481 e. The summed E-state index contributed by atoms with van der Waals surface area (Å²) in [5.41, 5.74) is 6.40. The molecule has 9 nitrogen and oxygen atoms in total. The van der Waals surface area contributed by atoms with Crippen molar-refractivity contribution < 1.29 is 27.4 Å². The standard InChI is InChI=1S/C21H18F4N6O3/c1-34-15-9-12(8-14(10-32)27-15)16-17(11-2-4-13(22)5-3-11)28-19(26)31-18(16)29-30(20(31)33)7-6-21(23,24)25/h2-5,8-9,32H,6-7,10H2,1H3,(H2,26,28). The summed E-state index contributed by atoms with van der Waals surface area (Å²) in [4.78, 5) is 21.2. The van der Waals surface area contributed by atoms with E-state index in [9.17, 15) is 27.5 Å². The molecular formula is C21H18F4N6O3. The van der Waals surface area contributed by atoms with Crippen LogP contribution in [-0.4, -0.2) is 42.5 Å². The highest BCUT2D eigenvalue weighted by molar-refractivity contribution is 5.91. The van der Waals surface area contributed by atoms with E-state index in [1.54, 1.807) is 0 Å². The van der Waals surface area contributed by atoms with Gasteiger partial charge in [0, 0.05) is 11.6 Å².